The molecular formula is C13H27N3O. The monoisotopic (exact) mass is 241 g/mol. The first-order chi connectivity index (χ1) is 8.00. The summed E-state index contributed by atoms with van der Waals surface area (Å²) in [6.07, 6.45) is 3.08. The molecule has 3 unspecified atom stereocenters. The summed E-state index contributed by atoms with van der Waals surface area (Å²) in [5.41, 5.74) is 0. The molecule has 1 amide bonds. The molecule has 4 nitrogen and oxygen atoms in total. The third-order valence-corrected chi connectivity index (χ3v) is 3.81. The normalized spacial score (nSPS) is 26.9. The van der Waals surface area contributed by atoms with Crippen LogP contribution in [0.2, 0.25) is 0 Å². The molecule has 2 N–H and O–H groups in total. The van der Waals surface area contributed by atoms with Crippen molar-refractivity contribution in [2.24, 2.45) is 5.92 Å². The zero-order valence-electron chi connectivity index (χ0n) is 11.6. The third-order valence-electron chi connectivity index (χ3n) is 3.81. The molecule has 0 spiro atoms. The lowest BCUT2D eigenvalue weighted by Crippen LogP contribution is -2.45. The molecule has 4 heteroatoms. The fourth-order valence-electron chi connectivity index (χ4n) is 2.10. The number of amides is 1. The van der Waals surface area contributed by atoms with Gasteiger partial charge in [0.2, 0.25) is 5.91 Å². The van der Waals surface area contributed by atoms with Gasteiger partial charge in [0.05, 0.1) is 0 Å². The fraction of sp³-hybridized carbons (Fsp3) is 0.923. The Morgan fingerprint density at radius 1 is 1.53 bits per heavy atom. The van der Waals surface area contributed by atoms with Crippen molar-refractivity contribution in [3.05, 3.63) is 0 Å². The molecule has 100 valence electrons. The second-order valence-corrected chi connectivity index (χ2v) is 5.50. The van der Waals surface area contributed by atoms with E-state index in [1.807, 2.05) is 14.1 Å². The van der Waals surface area contributed by atoms with Gasteiger partial charge in [-0.3, -0.25) is 4.79 Å². The Bertz CT molecular complexity index is 243. The van der Waals surface area contributed by atoms with Gasteiger partial charge >= 0.3 is 0 Å². The van der Waals surface area contributed by atoms with Gasteiger partial charge in [-0.25, -0.2) is 0 Å². The van der Waals surface area contributed by atoms with Crippen molar-refractivity contribution in [1.29, 1.82) is 0 Å². The van der Waals surface area contributed by atoms with Gasteiger partial charge in [0.25, 0.3) is 0 Å². The number of rotatable bonds is 5. The van der Waals surface area contributed by atoms with E-state index in [1.54, 1.807) is 0 Å². The Morgan fingerprint density at radius 3 is 2.82 bits per heavy atom. The molecule has 0 radical (unpaired) electrons. The number of hydrogen-bond acceptors (Lipinski definition) is 3. The Labute approximate surface area is 105 Å². The average Bonchev–Trinajstić information content (AvgIpc) is 2.29. The van der Waals surface area contributed by atoms with Gasteiger partial charge in [0, 0.05) is 25.0 Å². The zero-order valence-corrected chi connectivity index (χ0v) is 11.6. The van der Waals surface area contributed by atoms with Crippen molar-refractivity contribution in [3.8, 4) is 0 Å². The number of carbonyl (C=O) groups excluding carboxylic acids is 1. The summed E-state index contributed by atoms with van der Waals surface area (Å²) in [6, 6.07) is 0.745. The highest BCUT2D eigenvalue weighted by Crippen LogP contribution is 2.17. The number of carbonyl (C=O) groups is 1. The molecular weight excluding hydrogens is 214 g/mol. The molecule has 1 aliphatic heterocycles. The standard InChI is InChI=1S/C13H27N3O/c1-10-6-5-7-14-12(10)8-13(17)15-9-11(2)16(3)4/h10-12,14H,5-9H2,1-4H3,(H,15,17). The van der Waals surface area contributed by atoms with Crippen LogP contribution in [0.1, 0.15) is 33.1 Å². The van der Waals surface area contributed by atoms with E-state index in [0.29, 0.717) is 24.4 Å². The van der Waals surface area contributed by atoms with Crippen molar-refractivity contribution >= 4 is 5.91 Å². The molecule has 17 heavy (non-hydrogen) atoms. The van der Waals surface area contributed by atoms with E-state index < -0.39 is 0 Å². The van der Waals surface area contributed by atoms with Crippen LogP contribution in [-0.2, 0) is 4.79 Å². The van der Waals surface area contributed by atoms with E-state index in [1.165, 1.54) is 12.8 Å². The summed E-state index contributed by atoms with van der Waals surface area (Å²) < 4.78 is 0. The fourth-order valence-corrected chi connectivity index (χ4v) is 2.10. The SMILES string of the molecule is CC1CCCNC1CC(=O)NCC(C)N(C)C. The smallest absolute Gasteiger partial charge is 0.221 e. The Kier molecular flexibility index (Phi) is 5.92. The van der Waals surface area contributed by atoms with Gasteiger partial charge in [-0.1, -0.05) is 6.92 Å². The van der Waals surface area contributed by atoms with Gasteiger partial charge < -0.3 is 15.5 Å². The van der Waals surface area contributed by atoms with Crippen LogP contribution in [0.5, 0.6) is 0 Å². The molecule has 1 fully saturated rings. The average molecular weight is 241 g/mol. The quantitative estimate of drug-likeness (QED) is 0.749. The van der Waals surface area contributed by atoms with Crippen molar-refractivity contribution in [3.63, 3.8) is 0 Å². The van der Waals surface area contributed by atoms with Crippen LogP contribution < -0.4 is 10.6 Å². The van der Waals surface area contributed by atoms with Crippen molar-refractivity contribution in [2.45, 2.75) is 45.2 Å². The number of hydrogen-bond donors (Lipinski definition) is 2. The number of likely N-dealkylation sites (N-methyl/N-ethyl adjacent to an activating group) is 1. The molecule has 3 atom stereocenters. The molecule has 0 aromatic heterocycles. The van der Waals surface area contributed by atoms with E-state index in [0.717, 1.165) is 13.1 Å². The van der Waals surface area contributed by atoms with Crippen LogP contribution in [0.15, 0.2) is 0 Å². The second-order valence-electron chi connectivity index (χ2n) is 5.50. The second kappa shape index (κ2) is 6.97. The van der Waals surface area contributed by atoms with E-state index in [-0.39, 0.29) is 5.91 Å². The van der Waals surface area contributed by atoms with E-state index >= 15 is 0 Å². The number of nitrogens with one attached hydrogen (secondary N) is 2. The van der Waals surface area contributed by atoms with Crippen LogP contribution >= 0.6 is 0 Å². The molecule has 1 heterocycles. The van der Waals surface area contributed by atoms with Crippen LogP contribution in [0.4, 0.5) is 0 Å². The van der Waals surface area contributed by atoms with Crippen LogP contribution in [0.25, 0.3) is 0 Å². The van der Waals surface area contributed by atoms with Gasteiger partial charge in [0.1, 0.15) is 0 Å². The molecule has 1 aliphatic rings. The minimum atomic E-state index is 0.171. The maximum atomic E-state index is 11.8. The summed E-state index contributed by atoms with van der Waals surface area (Å²) in [4.78, 5) is 13.9. The van der Waals surface area contributed by atoms with Crippen molar-refractivity contribution < 1.29 is 4.79 Å². The predicted octanol–water partition coefficient (Wildman–Crippen LogP) is 0.831. The Balaban J connectivity index is 2.24. The lowest BCUT2D eigenvalue weighted by molar-refractivity contribution is -0.122. The van der Waals surface area contributed by atoms with E-state index in [9.17, 15) is 4.79 Å². The summed E-state index contributed by atoms with van der Waals surface area (Å²) in [6.45, 7) is 6.12. The first kappa shape index (κ1) is 14.5. The first-order valence-electron chi connectivity index (χ1n) is 6.67. The first-order valence-corrected chi connectivity index (χ1v) is 6.67. The molecule has 0 bridgehead atoms. The third kappa shape index (κ3) is 5.04. The minimum absolute atomic E-state index is 0.171. The highest BCUT2D eigenvalue weighted by molar-refractivity contribution is 5.76. The van der Waals surface area contributed by atoms with E-state index in [2.05, 4.69) is 29.4 Å². The predicted molar refractivity (Wildman–Crippen MR) is 71.0 cm³/mol. The highest BCUT2D eigenvalue weighted by atomic mass is 16.1. The number of piperidine rings is 1. The number of nitrogens with zero attached hydrogens (tertiary/aromatic N) is 1. The van der Waals surface area contributed by atoms with Crippen LogP contribution in [-0.4, -0.2) is 50.1 Å². The van der Waals surface area contributed by atoms with E-state index in [4.69, 9.17) is 0 Å². The van der Waals surface area contributed by atoms with Gasteiger partial charge in [-0.2, -0.15) is 0 Å². The van der Waals surface area contributed by atoms with Crippen LogP contribution in [0, 0.1) is 5.92 Å². The molecule has 0 aliphatic carbocycles. The zero-order chi connectivity index (χ0) is 12.8. The molecule has 0 aromatic rings. The Morgan fingerprint density at radius 2 is 2.24 bits per heavy atom. The molecule has 0 aromatic carbocycles. The topological polar surface area (TPSA) is 44.4 Å². The summed E-state index contributed by atoms with van der Waals surface area (Å²) in [5.74, 6) is 0.783. The summed E-state index contributed by atoms with van der Waals surface area (Å²) >= 11 is 0. The van der Waals surface area contributed by atoms with Gasteiger partial charge in [-0.15, -0.1) is 0 Å². The molecule has 0 saturated carbocycles. The highest BCUT2D eigenvalue weighted by Gasteiger charge is 2.23. The molecule has 1 rings (SSSR count). The van der Waals surface area contributed by atoms with Gasteiger partial charge in [-0.05, 0) is 46.3 Å². The maximum Gasteiger partial charge on any atom is 0.221 e. The van der Waals surface area contributed by atoms with Gasteiger partial charge in [0.15, 0.2) is 0 Å². The van der Waals surface area contributed by atoms with Crippen molar-refractivity contribution in [2.75, 3.05) is 27.2 Å². The summed E-state index contributed by atoms with van der Waals surface area (Å²) in [5, 5.41) is 6.45. The minimum Gasteiger partial charge on any atom is -0.354 e. The molecule has 1 saturated heterocycles. The summed E-state index contributed by atoms with van der Waals surface area (Å²) in [7, 11) is 4.06. The van der Waals surface area contributed by atoms with Crippen LogP contribution in [0.3, 0.4) is 0 Å². The largest absolute Gasteiger partial charge is 0.354 e. The lowest BCUT2D eigenvalue weighted by atomic mass is 9.90. The Hall–Kier alpha value is -0.610. The van der Waals surface area contributed by atoms with Crippen molar-refractivity contribution in [1.82, 2.24) is 15.5 Å². The maximum absolute atomic E-state index is 11.8. The lowest BCUT2D eigenvalue weighted by Gasteiger charge is -2.30.